The van der Waals surface area contributed by atoms with Crippen molar-refractivity contribution in [2.45, 2.75) is 114 Å². The summed E-state index contributed by atoms with van der Waals surface area (Å²) in [6.45, 7) is 19.8. The first-order chi connectivity index (χ1) is 29.4. The minimum absolute atomic E-state index is 0.0433. The Labute approximate surface area is 366 Å². The molecule has 0 N–H and O–H groups in total. The Morgan fingerprint density at radius 1 is 0.887 bits per heavy atom. The van der Waals surface area contributed by atoms with Gasteiger partial charge in [0.1, 0.15) is 5.60 Å². The fraction of sp³-hybridized carbons (Fsp3) is 0.480. The summed E-state index contributed by atoms with van der Waals surface area (Å²) in [6.07, 6.45) is 4.60. The Morgan fingerprint density at radius 3 is 2.11 bits per heavy atom. The maximum Gasteiger partial charge on any atom is 0.419 e. The molecule has 4 aliphatic heterocycles. The topological polar surface area (TPSA) is 102 Å². The quantitative estimate of drug-likeness (QED) is 0.138. The van der Waals surface area contributed by atoms with Crippen LogP contribution in [0.25, 0.3) is 5.65 Å². The molecule has 62 heavy (non-hydrogen) atoms. The predicted octanol–water partition coefficient (Wildman–Crippen LogP) is 7.97. The van der Waals surface area contributed by atoms with Gasteiger partial charge in [-0.2, -0.15) is 0 Å². The Morgan fingerprint density at radius 2 is 1.52 bits per heavy atom. The van der Waals surface area contributed by atoms with E-state index in [1.165, 1.54) is 20.8 Å². The monoisotopic (exact) mass is 852 g/mol. The van der Waals surface area contributed by atoms with E-state index < -0.39 is 42.6 Å². The van der Waals surface area contributed by atoms with Gasteiger partial charge >= 0.3 is 12.1 Å². The van der Waals surface area contributed by atoms with Gasteiger partial charge < -0.3 is 23.7 Å². The van der Waals surface area contributed by atoms with Crippen LogP contribution in [0.3, 0.4) is 0 Å². The van der Waals surface area contributed by atoms with Gasteiger partial charge in [0, 0.05) is 37.1 Å². The van der Waals surface area contributed by atoms with Crippen LogP contribution in [-0.4, -0.2) is 94.9 Å². The summed E-state index contributed by atoms with van der Waals surface area (Å²) in [4.78, 5) is 39.8. The number of amides is 3. The number of carbonyl (C=O) groups is 2. The van der Waals surface area contributed by atoms with Crippen molar-refractivity contribution < 1.29 is 23.5 Å². The smallest absolute Gasteiger partial charge is 0.419 e. The molecule has 2 saturated carbocycles. The third-order valence-corrected chi connectivity index (χ3v) is 19.6. The molecule has 3 unspecified atom stereocenters. The number of imide groups is 1. The van der Waals surface area contributed by atoms with Gasteiger partial charge in [-0.25, -0.2) is 24.0 Å². The third-order valence-electron chi connectivity index (χ3n) is 14.6. The molecule has 5 aromatic rings. The molecular weight excluding hydrogens is 793 g/mol. The maximum absolute atomic E-state index is 14.9. The molecule has 4 saturated heterocycles. The molecule has 6 aliphatic rings. The van der Waals surface area contributed by atoms with Crippen LogP contribution in [-0.2, 0) is 24.9 Å². The summed E-state index contributed by atoms with van der Waals surface area (Å²) in [5.74, 6) is 0.560. The van der Waals surface area contributed by atoms with Crippen molar-refractivity contribution in [1.82, 2.24) is 24.4 Å². The second kappa shape index (κ2) is 14.0. The second-order valence-electron chi connectivity index (χ2n) is 21.2. The zero-order chi connectivity index (χ0) is 43.5. The number of carbonyl (C=O) groups excluding carboxylic acids is 2. The lowest BCUT2D eigenvalue weighted by Gasteiger charge is -2.55. The fourth-order valence-corrected chi connectivity index (χ4v) is 16.1. The van der Waals surface area contributed by atoms with Crippen LogP contribution in [0.2, 0.25) is 5.04 Å². The second-order valence-corrected chi connectivity index (χ2v) is 25.5. The third kappa shape index (κ3) is 6.25. The molecule has 6 fully saturated rings. The molecule has 3 aromatic carbocycles. The molecule has 1 spiro atoms. The molecule has 6 heterocycles. The van der Waals surface area contributed by atoms with Crippen LogP contribution in [0, 0.1) is 12.3 Å². The highest BCUT2D eigenvalue weighted by molar-refractivity contribution is 6.99. The van der Waals surface area contributed by atoms with Crippen molar-refractivity contribution in [1.29, 1.82) is 0 Å². The van der Waals surface area contributed by atoms with E-state index in [9.17, 15) is 9.59 Å². The standard InChI is InChI=1S/C50H60N6O5Si/c1-35-28-37(53-27-26-47(8,31-53)36-18-12-9-13-19-36)29-55-40(35)51-42(52-55)50-30-48(33-59-50,41(50)54-32-49(24-25-49)56(43(54)57)44(58)61-45(2,3)4)34-60-62(46(5,6)7,38-20-14-10-15-21-38)39-22-16-11-17-23-39/h9-23,28-29,41H,24-27,30-34H2,1-8H3/t41?,47-,48?,50?/m0/s1. The van der Waals surface area contributed by atoms with Gasteiger partial charge in [0.2, 0.25) is 0 Å². The van der Waals surface area contributed by atoms with Gasteiger partial charge in [-0.05, 0) is 86.0 Å². The van der Waals surface area contributed by atoms with E-state index in [0.29, 0.717) is 32.0 Å². The zero-order valence-electron chi connectivity index (χ0n) is 37.5. The van der Waals surface area contributed by atoms with Crippen LogP contribution in [0.15, 0.2) is 103 Å². The fourth-order valence-electron chi connectivity index (χ4n) is 11.5. The Hall–Kier alpha value is -5.04. The molecular formula is C50H60N6O5Si. The number of urea groups is 1. The van der Waals surface area contributed by atoms with E-state index in [4.69, 9.17) is 24.0 Å². The van der Waals surface area contributed by atoms with Crippen molar-refractivity contribution >= 4 is 42.1 Å². The predicted molar refractivity (Wildman–Crippen MR) is 243 cm³/mol. The van der Waals surface area contributed by atoms with Crippen LogP contribution >= 0.6 is 0 Å². The van der Waals surface area contributed by atoms with Crippen molar-refractivity contribution in [3.63, 3.8) is 0 Å². The van der Waals surface area contributed by atoms with Crippen LogP contribution < -0.4 is 15.3 Å². The lowest BCUT2D eigenvalue weighted by atomic mass is 9.57. The van der Waals surface area contributed by atoms with E-state index in [1.807, 2.05) is 30.2 Å². The van der Waals surface area contributed by atoms with Gasteiger partial charge in [-0.3, -0.25) is 0 Å². The largest absolute Gasteiger partial charge is 0.443 e. The Balaban J connectivity index is 1.03. The number of hydrogen-bond donors (Lipinski definition) is 0. The van der Waals surface area contributed by atoms with Crippen LogP contribution in [0.5, 0.6) is 0 Å². The molecule has 11 rings (SSSR count). The first-order valence-electron chi connectivity index (χ1n) is 22.3. The number of nitrogens with zero attached hydrogens (tertiary/aromatic N) is 6. The molecule has 3 amide bonds. The van der Waals surface area contributed by atoms with Crippen molar-refractivity contribution in [2.24, 2.45) is 5.41 Å². The molecule has 324 valence electrons. The summed E-state index contributed by atoms with van der Waals surface area (Å²) >= 11 is 0. The van der Waals surface area contributed by atoms with E-state index in [0.717, 1.165) is 49.2 Å². The minimum atomic E-state index is -2.97. The highest BCUT2D eigenvalue weighted by Crippen LogP contribution is 2.66. The molecule has 0 radical (unpaired) electrons. The lowest BCUT2D eigenvalue weighted by Crippen LogP contribution is -2.71. The minimum Gasteiger partial charge on any atom is -0.443 e. The van der Waals surface area contributed by atoms with E-state index in [1.54, 1.807) is 0 Å². The molecule has 11 nitrogen and oxygen atoms in total. The van der Waals surface area contributed by atoms with Crippen LogP contribution in [0.1, 0.15) is 91.1 Å². The maximum atomic E-state index is 14.9. The summed E-state index contributed by atoms with van der Waals surface area (Å²) < 4.78 is 22.5. The molecule has 2 bridgehead atoms. The number of ether oxygens (including phenoxy) is 2. The number of hydrogen-bond acceptors (Lipinski definition) is 8. The number of fused-ring (bicyclic) bond motifs is 2. The highest BCUT2D eigenvalue weighted by atomic mass is 28.4. The van der Waals surface area contributed by atoms with E-state index >= 15 is 0 Å². The number of rotatable bonds is 9. The number of benzene rings is 3. The van der Waals surface area contributed by atoms with E-state index in [-0.39, 0.29) is 16.5 Å². The van der Waals surface area contributed by atoms with E-state index in [2.05, 4.69) is 143 Å². The zero-order valence-corrected chi connectivity index (χ0v) is 38.5. The average Bonchev–Trinajstić information content (AvgIpc) is 3.65. The molecule has 2 aromatic heterocycles. The first-order valence-corrected chi connectivity index (χ1v) is 24.2. The number of aryl methyl sites for hydroxylation is 1. The number of pyridine rings is 1. The number of aromatic nitrogens is 3. The summed E-state index contributed by atoms with van der Waals surface area (Å²) in [5, 5.41) is 7.38. The highest BCUT2D eigenvalue weighted by Gasteiger charge is 2.78. The first kappa shape index (κ1) is 41.0. The summed E-state index contributed by atoms with van der Waals surface area (Å²) in [5.41, 5.74) is 1.34. The van der Waals surface area contributed by atoms with Crippen molar-refractivity contribution in [3.8, 4) is 0 Å². The molecule has 4 atom stereocenters. The Kier molecular flexibility index (Phi) is 9.24. The Bertz CT molecular complexity index is 2500. The average molecular weight is 853 g/mol. The summed E-state index contributed by atoms with van der Waals surface area (Å²) in [7, 11) is -2.97. The van der Waals surface area contributed by atoms with Gasteiger partial charge in [0.15, 0.2) is 17.1 Å². The summed E-state index contributed by atoms with van der Waals surface area (Å²) in [6, 6.07) is 33.5. The normalized spacial score (nSPS) is 26.7. The SMILES string of the molecule is Cc1cc(N2CC[C@](C)(c3ccccc3)C2)cn2nc(C34CC(CO[Si](c5ccccc5)(c5ccccc5)C(C)(C)C)(CO3)C4N3CC4(CC4)N(C(=O)OC(C)(C)C)C3=O)nc12. The molecule has 12 heteroatoms. The van der Waals surface area contributed by atoms with Crippen LogP contribution in [0.4, 0.5) is 15.3 Å². The number of anilines is 1. The lowest BCUT2D eigenvalue weighted by molar-refractivity contribution is -0.113. The van der Waals surface area contributed by atoms with Gasteiger partial charge in [-0.1, -0.05) is 119 Å². The van der Waals surface area contributed by atoms with Gasteiger partial charge in [-0.15, -0.1) is 5.10 Å². The van der Waals surface area contributed by atoms with Crippen molar-refractivity contribution in [3.05, 3.63) is 120 Å². The van der Waals surface area contributed by atoms with Crippen molar-refractivity contribution in [2.75, 3.05) is 37.7 Å². The van der Waals surface area contributed by atoms with Gasteiger partial charge in [0.05, 0.1) is 30.1 Å². The molecule has 2 aliphatic carbocycles. The van der Waals surface area contributed by atoms with Gasteiger partial charge in [0.25, 0.3) is 8.32 Å².